The molecule has 1 aromatic carbocycles. The number of fused-ring (bicyclic) bond motifs is 1. The summed E-state index contributed by atoms with van der Waals surface area (Å²) in [5.74, 6) is 0.457. The van der Waals surface area contributed by atoms with Gasteiger partial charge in [-0.2, -0.15) is 10.2 Å². The number of aryl methyl sites for hydroxylation is 1. The number of hydrogen-bond acceptors (Lipinski definition) is 3. The Balaban J connectivity index is 2.01. The second-order valence-electron chi connectivity index (χ2n) is 5.99. The molecule has 0 spiro atoms. The normalized spacial score (nSPS) is 14.5. The SMILES string of the molecule is CCCn1nc(C2CC2)c2cnn(-c3cccc(Cl)c3)c2c1=O. The number of benzene rings is 1. The van der Waals surface area contributed by atoms with Crippen molar-refractivity contribution in [2.24, 2.45) is 0 Å². The fourth-order valence-electron chi connectivity index (χ4n) is 2.92. The quantitative estimate of drug-likeness (QED) is 0.736. The van der Waals surface area contributed by atoms with E-state index in [-0.39, 0.29) is 5.56 Å². The first-order chi connectivity index (χ1) is 11.2. The van der Waals surface area contributed by atoms with E-state index in [2.05, 4.69) is 10.2 Å². The van der Waals surface area contributed by atoms with Gasteiger partial charge in [0.2, 0.25) is 0 Å². The summed E-state index contributed by atoms with van der Waals surface area (Å²) in [6.07, 6.45) is 4.89. The summed E-state index contributed by atoms with van der Waals surface area (Å²) in [4.78, 5) is 12.9. The highest BCUT2D eigenvalue weighted by Crippen LogP contribution is 2.41. The first-order valence-corrected chi connectivity index (χ1v) is 8.31. The first kappa shape index (κ1) is 14.5. The van der Waals surface area contributed by atoms with Crippen LogP contribution in [-0.2, 0) is 6.54 Å². The summed E-state index contributed by atoms with van der Waals surface area (Å²) in [7, 11) is 0. The molecule has 0 aliphatic heterocycles. The second kappa shape index (κ2) is 5.49. The Hall–Kier alpha value is -2.14. The topological polar surface area (TPSA) is 52.7 Å². The van der Waals surface area contributed by atoms with Gasteiger partial charge in [-0.15, -0.1) is 0 Å². The molecule has 1 fully saturated rings. The van der Waals surface area contributed by atoms with Gasteiger partial charge in [0, 0.05) is 22.9 Å². The van der Waals surface area contributed by atoms with Crippen molar-refractivity contribution in [3.63, 3.8) is 0 Å². The molecule has 0 radical (unpaired) electrons. The predicted octanol–water partition coefficient (Wildman–Crippen LogP) is 3.52. The minimum Gasteiger partial charge on any atom is -0.265 e. The van der Waals surface area contributed by atoms with Gasteiger partial charge in [0.25, 0.3) is 5.56 Å². The van der Waals surface area contributed by atoms with Gasteiger partial charge in [-0.25, -0.2) is 9.36 Å². The van der Waals surface area contributed by atoms with Crippen LogP contribution in [0.25, 0.3) is 16.6 Å². The Morgan fingerprint density at radius 2 is 2.17 bits per heavy atom. The van der Waals surface area contributed by atoms with Gasteiger partial charge in [-0.3, -0.25) is 4.79 Å². The molecule has 23 heavy (non-hydrogen) atoms. The molecule has 1 aliphatic carbocycles. The molecule has 1 aliphatic rings. The maximum absolute atomic E-state index is 12.9. The highest BCUT2D eigenvalue weighted by molar-refractivity contribution is 6.30. The number of aromatic nitrogens is 4. The Bertz CT molecular complexity index is 939. The average molecular weight is 329 g/mol. The summed E-state index contributed by atoms with van der Waals surface area (Å²) >= 11 is 6.09. The van der Waals surface area contributed by atoms with Crippen molar-refractivity contribution in [1.29, 1.82) is 0 Å². The van der Waals surface area contributed by atoms with E-state index in [0.717, 1.165) is 36.0 Å². The van der Waals surface area contributed by atoms with Crippen molar-refractivity contribution < 1.29 is 0 Å². The largest absolute Gasteiger partial charge is 0.293 e. The summed E-state index contributed by atoms with van der Waals surface area (Å²) in [6, 6.07) is 7.38. The van der Waals surface area contributed by atoms with Gasteiger partial charge in [-0.1, -0.05) is 24.6 Å². The van der Waals surface area contributed by atoms with Gasteiger partial charge in [0.15, 0.2) is 0 Å². The summed E-state index contributed by atoms with van der Waals surface area (Å²) in [6.45, 7) is 2.67. The van der Waals surface area contributed by atoms with Crippen LogP contribution >= 0.6 is 11.6 Å². The molecule has 118 valence electrons. The standard InChI is InChI=1S/C17H17ClN4O/c1-2-8-21-17(23)16-14(15(20-21)11-6-7-11)10-19-22(16)13-5-3-4-12(18)9-13/h3-5,9-11H,2,6-8H2,1H3. The van der Waals surface area contributed by atoms with Gasteiger partial charge in [0.1, 0.15) is 5.52 Å². The summed E-state index contributed by atoms with van der Waals surface area (Å²) in [5.41, 5.74) is 2.29. The molecule has 5 nitrogen and oxygen atoms in total. The molecule has 4 rings (SSSR count). The Morgan fingerprint density at radius 1 is 1.35 bits per heavy atom. The molecule has 6 heteroatoms. The van der Waals surface area contributed by atoms with E-state index in [1.165, 1.54) is 0 Å². The van der Waals surface area contributed by atoms with E-state index in [0.29, 0.717) is 23.0 Å². The summed E-state index contributed by atoms with van der Waals surface area (Å²) < 4.78 is 3.27. The van der Waals surface area contributed by atoms with E-state index in [9.17, 15) is 4.79 Å². The smallest absolute Gasteiger partial charge is 0.265 e. The monoisotopic (exact) mass is 328 g/mol. The molecule has 0 unspecified atom stereocenters. The van der Waals surface area contributed by atoms with Gasteiger partial charge >= 0.3 is 0 Å². The Morgan fingerprint density at radius 3 is 2.87 bits per heavy atom. The third-order valence-electron chi connectivity index (χ3n) is 4.16. The van der Waals surface area contributed by atoms with Crippen LogP contribution in [0.2, 0.25) is 5.02 Å². The number of hydrogen-bond donors (Lipinski definition) is 0. The van der Waals surface area contributed by atoms with Crippen LogP contribution in [0, 0.1) is 0 Å². The highest BCUT2D eigenvalue weighted by Gasteiger charge is 2.30. The second-order valence-corrected chi connectivity index (χ2v) is 6.42. The molecule has 0 atom stereocenters. The minimum atomic E-state index is -0.0938. The third kappa shape index (κ3) is 2.45. The fraction of sp³-hybridized carbons (Fsp3) is 0.353. The van der Waals surface area contributed by atoms with Crippen LogP contribution in [0.4, 0.5) is 0 Å². The average Bonchev–Trinajstić information content (AvgIpc) is 3.28. The van der Waals surface area contributed by atoms with E-state index >= 15 is 0 Å². The van der Waals surface area contributed by atoms with Crippen LogP contribution in [0.5, 0.6) is 0 Å². The van der Waals surface area contributed by atoms with E-state index in [4.69, 9.17) is 11.6 Å². The Labute approximate surface area is 138 Å². The predicted molar refractivity (Wildman–Crippen MR) is 90.4 cm³/mol. The molecular weight excluding hydrogens is 312 g/mol. The fourth-order valence-corrected chi connectivity index (χ4v) is 3.10. The van der Waals surface area contributed by atoms with Crippen LogP contribution in [0.1, 0.15) is 37.8 Å². The maximum atomic E-state index is 12.9. The molecule has 2 heterocycles. The lowest BCUT2D eigenvalue weighted by molar-refractivity contribution is 0.561. The van der Waals surface area contributed by atoms with Crippen molar-refractivity contribution in [2.45, 2.75) is 38.6 Å². The van der Waals surface area contributed by atoms with Crippen molar-refractivity contribution >= 4 is 22.5 Å². The lowest BCUT2D eigenvalue weighted by Crippen LogP contribution is -2.26. The molecular formula is C17H17ClN4O. The van der Waals surface area contributed by atoms with Crippen LogP contribution < -0.4 is 5.56 Å². The Kier molecular flexibility index (Phi) is 3.45. The van der Waals surface area contributed by atoms with E-state index < -0.39 is 0 Å². The van der Waals surface area contributed by atoms with Crippen molar-refractivity contribution in [3.05, 3.63) is 51.5 Å². The molecule has 0 bridgehead atoms. The number of rotatable bonds is 4. The zero-order valence-corrected chi connectivity index (χ0v) is 13.6. The third-order valence-corrected chi connectivity index (χ3v) is 4.40. The lowest BCUT2D eigenvalue weighted by Gasteiger charge is -2.09. The van der Waals surface area contributed by atoms with E-state index in [1.807, 2.05) is 31.2 Å². The highest BCUT2D eigenvalue weighted by atomic mass is 35.5. The maximum Gasteiger partial charge on any atom is 0.293 e. The van der Waals surface area contributed by atoms with Crippen LogP contribution in [-0.4, -0.2) is 19.6 Å². The molecule has 1 saturated carbocycles. The van der Waals surface area contributed by atoms with Crippen molar-refractivity contribution in [3.8, 4) is 5.69 Å². The van der Waals surface area contributed by atoms with E-state index in [1.54, 1.807) is 15.6 Å². The van der Waals surface area contributed by atoms with Gasteiger partial charge in [-0.05, 0) is 37.5 Å². The summed E-state index contributed by atoms with van der Waals surface area (Å²) in [5, 5.41) is 10.5. The number of halogens is 1. The van der Waals surface area contributed by atoms with Crippen LogP contribution in [0.3, 0.4) is 0 Å². The molecule has 2 aromatic heterocycles. The molecule has 3 aromatic rings. The lowest BCUT2D eigenvalue weighted by atomic mass is 10.2. The van der Waals surface area contributed by atoms with Gasteiger partial charge < -0.3 is 0 Å². The van der Waals surface area contributed by atoms with Crippen LogP contribution in [0.15, 0.2) is 35.3 Å². The minimum absolute atomic E-state index is 0.0938. The van der Waals surface area contributed by atoms with Crippen molar-refractivity contribution in [2.75, 3.05) is 0 Å². The molecule has 0 saturated heterocycles. The first-order valence-electron chi connectivity index (χ1n) is 7.93. The van der Waals surface area contributed by atoms with Crippen molar-refractivity contribution in [1.82, 2.24) is 19.6 Å². The molecule has 0 N–H and O–H groups in total. The number of nitrogens with zero attached hydrogens (tertiary/aromatic N) is 4. The molecule has 0 amide bonds. The van der Waals surface area contributed by atoms with Gasteiger partial charge in [0.05, 0.1) is 17.6 Å². The zero-order chi connectivity index (χ0) is 16.0. The zero-order valence-electron chi connectivity index (χ0n) is 12.9.